The number of aliphatic hydroxyl groups is 2. The third-order valence-electron chi connectivity index (χ3n) is 2.35. The minimum absolute atomic E-state index is 0.111. The molecule has 0 spiro atoms. The van der Waals surface area contributed by atoms with Gasteiger partial charge in [0.15, 0.2) is 5.60 Å². The highest BCUT2D eigenvalue weighted by Gasteiger charge is 2.38. The molecule has 82 valence electrons. The van der Waals surface area contributed by atoms with Crippen molar-refractivity contribution in [3.05, 3.63) is 35.9 Å². The Morgan fingerprint density at radius 1 is 1.40 bits per heavy atom. The summed E-state index contributed by atoms with van der Waals surface area (Å²) < 4.78 is 0. The first-order valence-electron chi connectivity index (χ1n) is 4.62. The smallest absolute Gasteiger partial charge is 0.338 e. The lowest BCUT2D eigenvalue weighted by Gasteiger charge is -2.24. The Hall–Kier alpha value is -1.39. The molecule has 0 saturated carbocycles. The van der Waals surface area contributed by atoms with Crippen LogP contribution in [0.3, 0.4) is 0 Å². The lowest BCUT2D eigenvalue weighted by molar-refractivity contribution is -0.168. The molecular formula is C11H14O4. The third kappa shape index (κ3) is 2.78. The fraction of sp³-hybridized carbons (Fsp3) is 0.364. The Morgan fingerprint density at radius 3 is 2.40 bits per heavy atom. The molecule has 2 unspecified atom stereocenters. The van der Waals surface area contributed by atoms with E-state index in [0.717, 1.165) is 12.5 Å². The van der Waals surface area contributed by atoms with Gasteiger partial charge in [0, 0.05) is 6.42 Å². The Balaban J connectivity index is 2.72. The summed E-state index contributed by atoms with van der Waals surface area (Å²) in [4.78, 5) is 10.6. The summed E-state index contributed by atoms with van der Waals surface area (Å²) in [5, 5.41) is 27.7. The van der Waals surface area contributed by atoms with Gasteiger partial charge in [0.25, 0.3) is 0 Å². The molecule has 4 nitrogen and oxygen atoms in total. The molecule has 0 amide bonds. The topological polar surface area (TPSA) is 77.8 Å². The van der Waals surface area contributed by atoms with Crippen LogP contribution in [0.15, 0.2) is 30.3 Å². The average Bonchev–Trinajstić information content (AvgIpc) is 2.18. The van der Waals surface area contributed by atoms with Crippen LogP contribution in [0.4, 0.5) is 0 Å². The zero-order valence-electron chi connectivity index (χ0n) is 8.42. The molecule has 15 heavy (non-hydrogen) atoms. The standard InChI is InChI=1S/C11H14O4/c1-11(15,10(13)14)9(12)7-8-5-3-2-4-6-8/h2-6,9,12,15H,7H2,1H3,(H,13,14). The van der Waals surface area contributed by atoms with Crippen LogP contribution in [0.1, 0.15) is 12.5 Å². The van der Waals surface area contributed by atoms with Crippen LogP contribution >= 0.6 is 0 Å². The van der Waals surface area contributed by atoms with E-state index in [1.54, 1.807) is 24.3 Å². The highest BCUT2D eigenvalue weighted by atomic mass is 16.4. The molecule has 0 heterocycles. The summed E-state index contributed by atoms with van der Waals surface area (Å²) in [5.41, 5.74) is -1.33. The number of aliphatic hydroxyl groups excluding tert-OH is 1. The maximum absolute atomic E-state index is 10.6. The average molecular weight is 210 g/mol. The molecule has 1 aromatic carbocycles. The molecule has 0 fully saturated rings. The molecular weight excluding hydrogens is 196 g/mol. The molecule has 0 saturated heterocycles. The van der Waals surface area contributed by atoms with Gasteiger partial charge in [-0.1, -0.05) is 30.3 Å². The zero-order chi connectivity index (χ0) is 11.5. The minimum Gasteiger partial charge on any atom is -0.479 e. The molecule has 0 aliphatic carbocycles. The van der Waals surface area contributed by atoms with Gasteiger partial charge in [-0.3, -0.25) is 0 Å². The van der Waals surface area contributed by atoms with E-state index in [1.807, 2.05) is 6.07 Å². The second-order valence-corrected chi connectivity index (χ2v) is 3.66. The molecule has 0 aliphatic rings. The lowest BCUT2D eigenvalue weighted by Crippen LogP contribution is -2.47. The second-order valence-electron chi connectivity index (χ2n) is 3.66. The van der Waals surface area contributed by atoms with E-state index >= 15 is 0 Å². The first kappa shape index (κ1) is 11.7. The maximum Gasteiger partial charge on any atom is 0.338 e. The van der Waals surface area contributed by atoms with Gasteiger partial charge in [0.1, 0.15) is 0 Å². The molecule has 0 bridgehead atoms. The first-order valence-corrected chi connectivity index (χ1v) is 4.62. The highest BCUT2D eigenvalue weighted by molar-refractivity contribution is 5.77. The van der Waals surface area contributed by atoms with Gasteiger partial charge in [0.05, 0.1) is 6.10 Å². The number of rotatable bonds is 4. The van der Waals surface area contributed by atoms with E-state index in [0.29, 0.717) is 0 Å². The molecule has 0 aromatic heterocycles. The van der Waals surface area contributed by atoms with Gasteiger partial charge < -0.3 is 15.3 Å². The van der Waals surface area contributed by atoms with E-state index < -0.39 is 17.7 Å². The molecule has 3 N–H and O–H groups in total. The molecule has 4 heteroatoms. The summed E-state index contributed by atoms with van der Waals surface area (Å²) >= 11 is 0. The van der Waals surface area contributed by atoms with Crippen LogP contribution in [-0.4, -0.2) is 33.0 Å². The number of hydrogen-bond donors (Lipinski definition) is 3. The normalized spacial score (nSPS) is 16.7. The van der Waals surface area contributed by atoms with Crippen LogP contribution in [0, 0.1) is 0 Å². The summed E-state index contributed by atoms with van der Waals surface area (Å²) in [6.07, 6.45) is -1.21. The largest absolute Gasteiger partial charge is 0.479 e. The SMILES string of the molecule is CC(O)(C(=O)O)C(O)Cc1ccccc1. The van der Waals surface area contributed by atoms with Gasteiger partial charge in [-0.25, -0.2) is 4.79 Å². The maximum atomic E-state index is 10.6. The van der Waals surface area contributed by atoms with Crippen LogP contribution in [0.2, 0.25) is 0 Å². The van der Waals surface area contributed by atoms with Crippen molar-refractivity contribution in [2.75, 3.05) is 0 Å². The summed E-state index contributed by atoms with van der Waals surface area (Å²) in [7, 11) is 0. The Morgan fingerprint density at radius 2 is 1.93 bits per heavy atom. The first-order chi connectivity index (χ1) is 6.94. The van der Waals surface area contributed by atoms with Gasteiger partial charge in [0.2, 0.25) is 0 Å². The van der Waals surface area contributed by atoms with E-state index in [9.17, 15) is 15.0 Å². The fourth-order valence-corrected chi connectivity index (χ4v) is 1.18. The summed E-state index contributed by atoms with van der Waals surface area (Å²) in [6, 6.07) is 8.93. The van der Waals surface area contributed by atoms with E-state index in [4.69, 9.17) is 5.11 Å². The number of hydrogen-bond acceptors (Lipinski definition) is 3. The van der Waals surface area contributed by atoms with Crippen molar-refractivity contribution in [1.82, 2.24) is 0 Å². The van der Waals surface area contributed by atoms with E-state index in [1.165, 1.54) is 0 Å². The monoisotopic (exact) mass is 210 g/mol. The zero-order valence-corrected chi connectivity index (χ0v) is 8.42. The second kappa shape index (κ2) is 4.42. The highest BCUT2D eigenvalue weighted by Crippen LogP contribution is 2.15. The molecule has 2 atom stereocenters. The van der Waals surface area contributed by atoms with E-state index in [-0.39, 0.29) is 6.42 Å². The number of carbonyl (C=O) groups is 1. The Kier molecular flexibility index (Phi) is 3.44. The van der Waals surface area contributed by atoms with Crippen molar-refractivity contribution >= 4 is 5.97 Å². The van der Waals surface area contributed by atoms with E-state index in [2.05, 4.69) is 0 Å². The predicted octanol–water partition coefficient (Wildman–Crippen LogP) is 0.426. The van der Waals surface area contributed by atoms with Crippen molar-refractivity contribution in [3.8, 4) is 0 Å². The van der Waals surface area contributed by atoms with Crippen LogP contribution in [-0.2, 0) is 11.2 Å². The van der Waals surface area contributed by atoms with Crippen LogP contribution in [0.25, 0.3) is 0 Å². The van der Waals surface area contributed by atoms with Gasteiger partial charge >= 0.3 is 5.97 Å². The van der Waals surface area contributed by atoms with Crippen molar-refractivity contribution in [1.29, 1.82) is 0 Å². The van der Waals surface area contributed by atoms with Gasteiger partial charge in [-0.05, 0) is 12.5 Å². The van der Waals surface area contributed by atoms with Crippen molar-refractivity contribution in [2.24, 2.45) is 0 Å². The van der Waals surface area contributed by atoms with Crippen LogP contribution in [0.5, 0.6) is 0 Å². The summed E-state index contributed by atoms with van der Waals surface area (Å²) in [5.74, 6) is -1.43. The van der Waals surface area contributed by atoms with Gasteiger partial charge in [-0.2, -0.15) is 0 Å². The lowest BCUT2D eigenvalue weighted by atomic mass is 9.93. The minimum atomic E-state index is -2.12. The molecule has 0 radical (unpaired) electrons. The fourth-order valence-electron chi connectivity index (χ4n) is 1.18. The number of carboxylic acid groups (broad SMARTS) is 1. The molecule has 1 aromatic rings. The van der Waals surface area contributed by atoms with Gasteiger partial charge in [-0.15, -0.1) is 0 Å². The van der Waals surface area contributed by atoms with Crippen molar-refractivity contribution < 1.29 is 20.1 Å². The number of carboxylic acids is 1. The Bertz CT molecular complexity index is 332. The van der Waals surface area contributed by atoms with Crippen LogP contribution < -0.4 is 0 Å². The predicted molar refractivity (Wildman–Crippen MR) is 54.4 cm³/mol. The Labute approximate surface area is 87.8 Å². The molecule has 1 rings (SSSR count). The summed E-state index contributed by atoms with van der Waals surface area (Å²) in [6.45, 7) is 1.09. The quantitative estimate of drug-likeness (QED) is 0.673. The number of benzene rings is 1. The third-order valence-corrected chi connectivity index (χ3v) is 2.35. The number of aliphatic carboxylic acids is 1. The van der Waals surface area contributed by atoms with Crippen molar-refractivity contribution in [3.63, 3.8) is 0 Å². The van der Waals surface area contributed by atoms with Crippen molar-refractivity contribution in [2.45, 2.75) is 25.0 Å². The molecule has 0 aliphatic heterocycles.